The van der Waals surface area contributed by atoms with E-state index in [-0.39, 0.29) is 21.9 Å². The molecule has 2 atom stereocenters. The second kappa shape index (κ2) is 8.88. The third kappa shape index (κ3) is 4.67. The first-order valence-electron chi connectivity index (χ1n) is 10.4. The second-order valence-corrected chi connectivity index (χ2v) is 10.4. The van der Waals surface area contributed by atoms with E-state index >= 15 is 0 Å². The van der Waals surface area contributed by atoms with Crippen molar-refractivity contribution in [3.63, 3.8) is 0 Å². The Morgan fingerprint density at radius 1 is 1.13 bits per heavy atom. The summed E-state index contributed by atoms with van der Waals surface area (Å²) in [6.45, 7) is 7.31. The van der Waals surface area contributed by atoms with Crippen molar-refractivity contribution in [3.05, 3.63) is 29.1 Å². The number of ether oxygens (including phenoxy) is 1. The van der Waals surface area contributed by atoms with Gasteiger partial charge in [-0.3, -0.25) is 4.90 Å². The molecule has 0 N–H and O–H groups in total. The molecule has 0 aliphatic carbocycles. The predicted molar refractivity (Wildman–Crippen MR) is 115 cm³/mol. The fraction of sp³-hybridized carbons (Fsp3) is 0.600. The van der Waals surface area contributed by atoms with Gasteiger partial charge in [-0.2, -0.15) is 4.31 Å². The fourth-order valence-corrected chi connectivity index (χ4v) is 5.89. The number of nitrogens with zero attached hydrogens (tertiary/aromatic N) is 4. The standard InChI is InChI=1S/C20H28N4O4S2/c1-15-12-22(13-16(2)27-15)14-24-20(29)28-19(21-24)17-7-6-8-18(11-17)30(25,26)23-9-4-3-5-10-23/h6-8,11,15-16H,3-5,9-10,12-14H2,1-2H3. The summed E-state index contributed by atoms with van der Waals surface area (Å²) in [6.07, 6.45) is 3.16. The lowest BCUT2D eigenvalue weighted by atomic mass is 10.2. The maximum Gasteiger partial charge on any atom is 0.288 e. The van der Waals surface area contributed by atoms with Crippen molar-refractivity contribution in [1.29, 1.82) is 0 Å². The highest BCUT2D eigenvalue weighted by Crippen LogP contribution is 2.25. The number of morpholine rings is 1. The first-order valence-corrected chi connectivity index (χ1v) is 12.2. The highest BCUT2D eigenvalue weighted by atomic mass is 32.2. The number of aromatic nitrogens is 2. The van der Waals surface area contributed by atoms with Crippen molar-refractivity contribution in [2.45, 2.75) is 56.9 Å². The van der Waals surface area contributed by atoms with Crippen molar-refractivity contribution in [2.24, 2.45) is 0 Å². The molecular formula is C20H28N4O4S2. The summed E-state index contributed by atoms with van der Waals surface area (Å²) >= 11 is 5.36. The Morgan fingerprint density at radius 2 is 1.83 bits per heavy atom. The average molecular weight is 453 g/mol. The Bertz CT molecular complexity index is 1030. The van der Waals surface area contributed by atoms with Crippen LogP contribution >= 0.6 is 12.2 Å². The summed E-state index contributed by atoms with van der Waals surface area (Å²) in [5.74, 6) is 0.324. The van der Waals surface area contributed by atoms with Crippen molar-refractivity contribution >= 4 is 22.2 Å². The van der Waals surface area contributed by atoms with Crippen LogP contribution < -0.4 is 0 Å². The minimum absolute atomic E-state index is 0.144. The molecular weight excluding hydrogens is 424 g/mol. The first kappa shape index (κ1) is 21.6. The van der Waals surface area contributed by atoms with Crippen LogP contribution in [0.25, 0.3) is 11.5 Å². The quantitative estimate of drug-likeness (QED) is 0.645. The van der Waals surface area contributed by atoms with Gasteiger partial charge < -0.3 is 9.15 Å². The maximum atomic E-state index is 13.0. The lowest BCUT2D eigenvalue weighted by Gasteiger charge is -2.34. The van der Waals surface area contributed by atoms with E-state index in [2.05, 4.69) is 10.00 Å². The summed E-state index contributed by atoms with van der Waals surface area (Å²) in [7, 11) is -3.52. The summed E-state index contributed by atoms with van der Waals surface area (Å²) in [5.41, 5.74) is 0.599. The molecule has 8 nitrogen and oxygen atoms in total. The molecule has 2 unspecified atom stereocenters. The number of hydrogen-bond donors (Lipinski definition) is 0. The van der Waals surface area contributed by atoms with Crippen LogP contribution in [0.4, 0.5) is 0 Å². The summed E-state index contributed by atoms with van der Waals surface area (Å²) in [4.78, 5) is 2.74. The summed E-state index contributed by atoms with van der Waals surface area (Å²) in [6, 6.07) is 6.75. The molecule has 4 rings (SSSR count). The molecule has 2 saturated heterocycles. The summed E-state index contributed by atoms with van der Waals surface area (Å²) < 4.78 is 40.7. The van der Waals surface area contributed by atoms with Crippen LogP contribution in [0.1, 0.15) is 33.1 Å². The molecule has 10 heteroatoms. The molecule has 30 heavy (non-hydrogen) atoms. The molecule has 164 valence electrons. The van der Waals surface area contributed by atoms with E-state index in [4.69, 9.17) is 21.4 Å². The lowest BCUT2D eigenvalue weighted by Crippen LogP contribution is -2.46. The Balaban J connectivity index is 1.56. The van der Waals surface area contributed by atoms with E-state index in [1.165, 1.54) is 0 Å². The number of rotatable bonds is 5. The fourth-order valence-electron chi connectivity index (χ4n) is 4.15. The van der Waals surface area contributed by atoms with Gasteiger partial charge in [-0.1, -0.05) is 12.5 Å². The average Bonchev–Trinajstić information content (AvgIpc) is 3.08. The van der Waals surface area contributed by atoms with E-state index in [1.807, 2.05) is 13.8 Å². The zero-order valence-corrected chi connectivity index (χ0v) is 19.0. The van der Waals surface area contributed by atoms with Gasteiger partial charge in [-0.15, -0.1) is 5.10 Å². The minimum atomic E-state index is -3.52. The van der Waals surface area contributed by atoms with E-state index in [0.29, 0.717) is 31.2 Å². The number of sulfonamides is 1. The topological polar surface area (TPSA) is 80.8 Å². The van der Waals surface area contributed by atoms with Crippen LogP contribution in [-0.2, 0) is 21.4 Å². The van der Waals surface area contributed by atoms with E-state index in [0.717, 1.165) is 32.4 Å². The molecule has 2 aliphatic rings. The zero-order chi connectivity index (χ0) is 21.3. The highest BCUT2D eigenvalue weighted by molar-refractivity contribution is 7.89. The normalized spacial score (nSPS) is 24.2. The molecule has 0 saturated carbocycles. The molecule has 2 fully saturated rings. The van der Waals surface area contributed by atoms with Gasteiger partial charge in [-0.05, 0) is 57.1 Å². The third-order valence-electron chi connectivity index (χ3n) is 5.47. The Labute approximate surface area is 182 Å². The number of hydrogen-bond acceptors (Lipinski definition) is 7. The largest absolute Gasteiger partial charge is 0.409 e. The van der Waals surface area contributed by atoms with E-state index < -0.39 is 10.0 Å². The summed E-state index contributed by atoms with van der Waals surface area (Å²) in [5, 5.41) is 4.51. The molecule has 2 aromatic rings. The van der Waals surface area contributed by atoms with Gasteiger partial charge in [0, 0.05) is 31.7 Å². The Kier molecular flexibility index (Phi) is 6.40. The van der Waals surface area contributed by atoms with Gasteiger partial charge in [0.15, 0.2) is 0 Å². The number of piperidine rings is 1. The molecule has 1 aromatic heterocycles. The van der Waals surface area contributed by atoms with Crippen molar-refractivity contribution < 1.29 is 17.6 Å². The Hall–Kier alpha value is -1.59. The van der Waals surface area contributed by atoms with Crippen molar-refractivity contribution in [2.75, 3.05) is 26.2 Å². The van der Waals surface area contributed by atoms with Crippen molar-refractivity contribution in [1.82, 2.24) is 19.0 Å². The van der Waals surface area contributed by atoms with Crippen LogP contribution in [-0.4, -0.2) is 65.8 Å². The monoisotopic (exact) mass is 452 g/mol. The van der Waals surface area contributed by atoms with E-state index in [9.17, 15) is 8.42 Å². The van der Waals surface area contributed by atoms with Gasteiger partial charge >= 0.3 is 0 Å². The van der Waals surface area contributed by atoms with Crippen LogP contribution in [0.2, 0.25) is 0 Å². The predicted octanol–water partition coefficient (Wildman–Crippen LogP) is 3.11. The van der Waals surface area contributed by atoms with Gasteiger partial charge in [0.25, 0.3) is 4.84 Å². The molecule has 3 heterocycles. The SMILES string of the molecule is CC1CN(Cn2nc(-c3cccc(S(=O)(=O)N4CCCCC4)c3)oc2=S)CC(C)O1. The Morgan fingerprint density at radius 3 is 2.53 bits per heavy atom. The van der Waals surface area contributed by atoms with E-state index in [1.54, 1.807) is 33.3 Å². The van der Waals surface area contributed by atoms with Gasteiger partial charge in [0.1, 0.15) is 0 Å². The third-order valence-corrected chi connectivity index (χ3v) is 7.66. The zero-order valence-electron chi connectivity index (χ0n) is 17.4. The first-order chi connectivity index (χ1) is 14.3. The number of benzene rings is 1. The molecule has 0 bridgehead atoms. The second-order valence-electron chi connectivity index (χ2n) is 8.10. The lowest BCUT2D eigenvalue weighted by molar-refractivity contribution is -0.0778. The van der Waals surface area contributed by atoms with Crippen LogP contribution in [0, 0.1) is 4.84 Å². The molecule has 0 radical (unpaired) electrons. The smallest absolute Gasteiger partial charge is 0.288 e. The molecule has 0 amide bonds. The van der Waals surface area contributed by atoms with Crippen molar-refractivity contribution in [3.8, 4) is 11.5 Å². The van der Waals surface area contributed by atoms with Crippen LogP contribution in [0.5, 0.6) is 0 Å². The molecule has 0 spiro atoms. The maximum absolute atomic E-state index is 13.0. The van der Waals surface area contributed by atoms with Gasteiger partial charge in [-0.25, -0.2) is 13.1 Å². The molecule has 2 aliphatic heterocycles. The minimum Gasteiger partial charge on any atom is -0.409 e. The van der Waals surface area contributed by atoms with Gasteiger partial charge in [0.05, 0.1) is 23.8 Å². The highest BCUT2D eigenvalue weighted by Gasteiger charge is 2.27. The van der Waals surface area contributed by atoms with Crippen LogP contribution in [0.3, 0.4) is 0 Å². The van der Waals surface area contributed by atoms with Crippen LogP contribution in [0.15, 0.2) is 33.6 Å². The van der Waals surface area contributed by atoms with Gasteiger partial charge in [0.2, 0.25) is 15.9 Å². The molecule has 1 aromatic carbocycles.